The van der Waals surface area contributed by atoms with Crippen LogP contribution in [0.2, 0.25) is 0 Å². The van der Waals surface area contributed by atoms with Crippen LogP contribution in [0.1, 0.15) is 18.1 Å². The first-order chi connectivity index (χ1) is 7.90. The minimum atomic E-state index is -1.17. The first-order valence-electron chi connectivity index (χ1n) is 4.89. The van der Waals surface area contributed by atoms with Crippen molar-refractivity contribution in [3.8, 4) is 0 Å². The van der Waals surface area contributed by atoms with E-state index in [2.05, 4.69) is 21.2 Å². The molecule has 0 heterocycles. The maximum Gasteiger partial charge on any atom is 0.352 e. The van der Waals surface area contributed by atoms with Gasteiger partial charge in [0.25, 0.3) is 0 Å². The first kappa shape index (κ1) is 13.4. The highest BCUT2D eigenvalue weighted by molar-refractivity contribution is 9.10. The zero-order valence-corrected chi connectivity index (χ0v) is 11.0. The highest BCUT2D eigenvalue weighted by Gasteiger charge is 2.08. The second-order valence-electron chi connectivity index (χ2n) is 3.55. The molecule has 0 saturated carbocycles. The van der Waals surface area contributed by atoms with Crippen LogP contribution in [0.4, 0.5) is 0 Å². The Labute approximate surface area is 107 Å². The normalized spacial score (nSPS) is 11.1. The molecule has 0 atom stereocenters. The predicted octanol–water partition coefficient (Wildman–Crippen LogP) is 2.32. The number of benzene rings is 1. The Bertz CT molecular complexity index is 495. The van der Waals surface area contributed by atoms with Gasteiger partial charge in [-0.2, -0.15) is 0 Å². The van der Waals surface area contributed by atoms with E-state index >= 15 is 0 Å². The van der Waals surface area contributed by atoms with Crippen LogP contribution in [-0.2, 0) is 9.59 Å². The topological polar surface area (TPSA) is 66.4 Å². The van der Waals surface area contributed by atoms with Gasteiger partial charge in [-0.1, -0.05) is 28.1 Å². The smallest absolute Gasteiger partial charge is 0.352 e. The van der Waals surface area contributed by atoms with Gasteiger partial charge in [-0.3, -0.25) is 4.79 Å². The summed E-state index contributed by atoms with van der Waals surface area (Å²) in [7, 11) is 0. The summed E-state index contributed by atoms with van der Waals surface area (Å²) in [5, 5.41) is 11.2. The van der Waals surface area contributed by atoms with Crippen LogP contribution in [0.5, 0.6) is 0 Å². The number of aryl methyl sites for hydroxylation is 1. The van der Waals surface area contributed by atoms with Crippen LogP contribution < -0.4 is 5.32 Å². The van der Waals surface area contributed by atoms with E-state index in [4.69, 9.17) is 5.11 Å². The molecule has 1 aromatic rings. The van der Waals surface area contributed by atoms with Gasteiger partial charge in [0.05, 0.1) is 0 Å². The fourth-order valence-corrected chi connectivity index (χ4v) is 1.60. The summed E-state index contributed by atoms with van der Waals surface area (Å²) in [6.45, 7) is 3.20. The maximum absolute atomic E-state index is 10.9. The number of aliphatic carboxylic acids is 1. The van der Waals surface area contributed by atoms with Gasteiger partial charge in [0.15, 0.2) is 0 Å². The van der Waals surface area contributed by atoms with Crippen LogP contribution in [0, 0.1) is 6.92 Å². The number of carboxylic acids is 1. The highest BCUT2D eigenvalue weighted by Crippen LogP contribution is 2.18. The minimum Gasteiger partial charge on any atom is -0.477 e. The lowest BCUT2D eigenvalue weighted by Crippen LogP contribution is -2.24. The number of halogens is 1. The molecule has 0 fully saturated rings. The molecule has 2 N–H and O–H groups in total. The number of hydrogen-bond acceptors (Lipinski definition) is 2. The number of carbonyl (C=O) groups is 2. The van der Waals surface area contributed by atoms with Crippen molar-refractivity contribution >= 4 is 33.9 Å². The van der Waals surface area contributed by atoms with Crippen molar-refractivity contribution in [2.45, 2.75) is 13.8 Å². The molecular formula is C12H12BrNO3. The Kier molecular flexibility index (Phi) is 4.45. The van der Waals surface area contributed by atoms with Crippen LogP contribution >= 0.6 is 15.9 Å². The van der Waals surface area contributed by atoms with E-state index in [-0.39, 0.29) is 5.70 Å². The number of rotatable bonds is 3. The summed E-state index contributed by atoms with van der Waals surface area (Å²) in [5.41, 5.74) is 1.61. The number of hydrogen-bond donors (Lipinski definition) is 2. The molecule has 0 aliphatic rings. The van der Waals surface area contributed by atoms with Gasteiger partial charge in [0.1, 0.15) is 5.70 Å². The second-order valence-corrected chi connectivity index (χ2v) is 4.41. The second kappa shape index (κ2) is 5.63. The average Bonchev–Trinajstić information content (AvgIpc) is 2.21. The number of carboxylic acid groups (broad SMARTS) is 1. The fraction of sp³-hybridized carbons (Fsp3) is 0.167. The third-order valence-electron chi connectivity index (χ3n) is 2.05. The van der Waals surface area contributed by atoms with Gasteiger partial charge < -0.3 is 10.4 Å². The summed E-state index contributed by atoms with van der Waals surface area (Å²) < 4.78 is 0.888. The Hall–Kier alpha value is -1.62. The van der Waals surface area contributed by atoms with E-state index in [1.54, 1.807) is 12.1 Å². The molecule has 0 aliphatic heterocycles. The van der Waals surface area contributed by atoms with E-state index < -0.39 is 11.9 Å². The predicted molar refractivity (Wildman–Crippen MR) is 68.3 cm³/mol. The molecule has 0 unspecified atom stereocenters. The Morgan fingerprint density at radius 1 is 1.41 bits per heavy atom. The maximum atomic E-state index is 10.9. The van der Waals surface area contributed by atoms with Gasteiger partial charge in [-0.15, -0.1) is 0 Å². The van der Waals surface area contributed by atoms with Crippen molar-refractivity contribution in [3.05, 3.63) is 39.5 Å². The lowest BCUT2D eigenvalue weighted by atomic mass is 10.1. The SMILES string of the molecule is CC(=O)N/C(=C\c1ccc(C)c(Br)c1)C(=O)O. The van der Waals surface area contributed by atoms with Crippen LogP contribution in [0.25, 0.3) is 6.08 Å². The first-order valence-corrected chi connectivity index (χ1v) is 5.68. The summed E-state index contributed by atoms with van der Waals surface area (Å²) in [6, 6.07) is 5.44. The Morgan fingerprint density at radius 3 is 2.53 bits per heavy atom. The molecule has 1 amide bonds. The summed E-state index contributed by atoms with van der Waals surface area (Å²) in [5.74, 6) is -1.58. The molecule has 0 aromatic heterocycles. The quantitative estimate of drug-likeness (QED) is 0.842. The molecule has 1 aromatic carbocycles. The van der Waals surface area contributed by atoms with Gasteiger partial charge in [-0.05, 0) is 30.2 Å². The Balaban J connectivity index is 3.08. The van der Waals surface area contributed by atoms with Crippen molar-refractivity contribution < 1.29 is 14.7 Å². The van der Waals surface area contributed by atoms with E-state index in [1.165, 1.54) is 13.0 Å². The molecule has 17 heavy (non-hydrogen) atoms. The number of amides is 1. The van der Waals surface area contributed by atoms with Gasteiger partial charge in [-0.25, -0.2) is 4.79 Å². The van der Waals surface area contributed by atoms with Crippen LogP contribution in [0.3, 0.4) is 0 Å². The lowest BCUT2D eigenvalue weighted by molar-refractivity contribution is -0.134. The summed E-state index contributed by atoms with van der Waals surface area (Å²) in [4.78, 5) is 21.7. The zero-order valence-electron chi connectivity index (χ0n) is 9.45. The standard InChI is InChI=1S/C12H12BrNO3/c1-7-3-4-9(5-10(7)13)6-11(12(16)17)14-8(2)15/h3-6H,1-2H3,(H,14,15)(H,16,17)/b11-6-. The van der Waals surface area contributed by atoms with Gasteiger partial charge >= 0.3 is 5.97 Å². The minimum absolute atomic E-state index is 0.145. The number of nitrogens with one attached hydrogen (secondary N) is 1. The van der Waals surface area contributed by atoms with Gasteiger partial charge in [0, 0.05) is 11.4 Å². The zero-order chi connectivity index (χ0) is 13.0. The molecule has 0 spiro atoms. The molecule has 0 radical (unpaired) electrons. The van der Waals surface area contributed by atoms with Gasteiger partial charge in [0.2, 0.25) is 5.91 Å². The fourth-order valence-electron chi connectivity index (χ4n) is 1.21. The summed E-state index contributed by atoms with van der Waals surface area (Å²) >= 11 is 3.36. The highest BCUT2D eigenvalue weighted by atomic mass is 79.9. The van der Waals surface area contributed by atoms with E-state index in [1.807, 2.05) is 13.0 Å². The molecule has 4 nitrogen and oxygen atoms in total. The van der Waals surface area contributed by atoms with Crippen molar-refractivity contribution in [1.82, 2.24) is 5.32 Å². The third kappa shape index (κ3) is 4.03. The molecule has 5 heteroatoms. The van der Waals surface area contributed by atoms with E-state index in [9.17, 15) is 9.59 Å². The van der Waals surface area contributed by atoms with Crippen LogP contribution in [-0.4, -0.2) is 17.0 Å². The molecule has 0 saturated heterocycles. The van der Waals surface area contributed by atoms with Crippen molar-refractivity contribution in [2.75, 3.05) is 0 Å². The molecule has 90 valence electrons. The Morgan fingerprint density at radius 2 is 2.06 bits per heavy atom. The molecule has 0 aliphatic carbocycles. The van der Waals surface area contributed by atoms with Crippen LogP contribution in [0.15, 0.2) is 28.4 Å². The average molecular weight is 298 g/mol. The van der Waals surface area contributed by atoms with Crippen molar-refractivity contribution in [1.29, 1.82) is 0 Å². The van der Waals surface area contributed by atoms with Crippen molar-refractivity contribution in [3.63, 3.8) is 0 Å². The van der Waals surface area contributed by atoms with E-state index in [0.717, 1.165) is 10.0 Å². The molecule has 1 rings (SSSR count). The third-order valence-corrected chi connectivity index (χ3v) is 2.90. The van der Waals surface area contributed by atoms with E-state index in [0.29, 0.717) is 5.56 Å². The number of carbonyl (C=O) groups excluding carboxylic acids is 1. The van der Waals surface area contributed by atoms with Crippen molar-refractivity contribution in [2.24, 2.45) is 0 Å². The molecule has 0 bridgehead atoms. The largest absolute Gasteiger partial charge is 0.477 e. The molecular weight excluding hydrogens is 286 g/mol. The monoisotopic (exact) mass is 297 g/mol. The summed E-state index contributed by atoms with van der Waals surface area (Å²) in [6.07, 6.45) is 1.41. The lowest BCUT2D eigenvalue weighted by Gasteiger charge is -2.04.